The Kier molecular flexibility index (Phi) is 4.74. The Bertz CT molecular complexity index is 595. The van der Waals surface area contributed by atoms with Crippen LogP contribution in [0.2, 0.25) is 0 Å². The topological polar surface area (TPSA) is 42.4 Å². The molecule has 1 aromatic carbocycles. The minimum absolute atomic E-state index is 0.0669. The van der Waals surface area contributed by atoms with E-state index in [1.807, 2.05) is 38.1 Å². The normalized spacial score (nSPS) is 10.3. The molecule has 0 unspecified atom stereocenters. The lowest BCUT2D eigenvalue weighted by atomic mass is 10.2. The zero-order chi connectivity index (χ0) is 14.5. The van der Waals surface area contributed by atoms with Crippen molar-refractivity contribution in [3.63, 3.8) is 0 Å². The van der Waals surface area contributed by atoms with Gasteiger partial charge in [-0.15, -0.1) is 11.3 Å². The molecule has 0 aliphatic heterocycles. The fourth-order valence-corrected chi connectivity index (χ4v) is 2.36. The highest BCUT2D eigenvalue weighted by Gasteiger charge is 2.14. The molecule has 0 atom stereocenters. The van der Waals surface area contributed by atoms with Crippen LogP contribution in [-0.4, -0.2) is 36.0 Å². The van der Waals surface area contributed by atoms with Crippen LogP contribution < -0.4 is 4.74 Å². The first-order valence-corrected chi connectivity index (χ1v) is 7.32. The third-order valence-corrected chi connectivity index (χ3v) is 3.74. The number of ether oxygens (including phenoxy) is 1. The van der Waals surface area contributed by atoms with Crippen molar-refractivity contribution in [3.8, 4) is 5.75 Å². The zero-order valence-corrected chi connectivity index (χ0v) is 12.7. The van der Waals surface area contributed by atoms with Crippen LogP contribution in [-0.2, 0) is 0 Å². The van der Waals surface area contributed by atoms with Gasteiger partial charge in [0, 0.05) is 12.4 Å². The lowest BCUT2D eigenvalue weighted by Gasteiger charge is -2.17. The van der Waals surface area contributed by atoms with Crippen molar-refractivity contribution in [2.45, 2.75) is 13.8 Å². The van der Waals surface area contributed by atoms with Gasteiger partial charge in [0.15, 0.2) is 0 Å². The molecule has 0 saturated carbocycles. The maximum Gasteiger partial charge on any atom is 0.273 e. The van der Waals surface area contributed by atoms with Crippen LogP contribution in [0.5, 0.6) is 5.75 Å². The average molecular weight is 290 g/mol. The number of carbonyl (C=O) groups excluding carboxylic acids is 1. The van der Waals surface area contributed by atoms with E-state index in [4.69, 9.17) is 4.74 Å². The Labute approximate surface area is 123 Å². The molecule has 0 N–H and O–H groups in total. The largest absolute Gasteiger partial charge is 0.491 e. The second kappa shape index (κ2) is 6.52. The highest BCUT2D eigenvalue weighted by Crippen LogP contribution is 2.16. The van der Waals surface area contributed by atoms with Gasteiger partial charge in [0.05, 0.1) is 11.6 Å². The Hall–Kier alpha value is -1.88. The van der Waals surface area contributed by atoms with E-state index in [0.717, 1.165) is 16.3 Å². The van der Waals surface area contributed by atoms with Crippen molar-refractivity contribution in [2.24, 2.45) is 0 Å². The Morgan fingerprint density at radius 2 is 2.10 bits per heavy atom. The molecule has 4 nitrogen and oxygen atoms in total. The molecule has 0 fully saturated rings. The third kappa shape index (κ3) is 3.57. The highest BCUT2D eigenvalue weighted by molar-refractivity contribution is 7.09. The summed E-state index contributed by atoms with van der Waals surface area (Å²) in [7, 11) is 1.76. The summed E-state index contributed by atoms with van der Waals surface area (Å²) in [6.45, 7) is 4.89. The first kappa shape index (κ1) is 14.5. The molecule has 1 aromatic heterocycles. The van der Waals surface area contributed by atoms with Crippen LogP contribution in [0.1, 0.15) is 21.1 Å². The van der Waals surface area contributed by atoms with Gasteiger partial charge in [-0.3, -0.25) is 4.79 Å². The highest BCUT2D eigenvalue weighted by atomic mass is 32.1. The number of hydrogen-bond donors (Lipinski definition) is 0. The average Bonchev–Trinajstić information content (AvgIpc) is 2.86. The van der Waals surface area contributed by atoms with Crippen LogP contribution in [0.4, 0.5) is 0 Å². The molecule has 2 aromatic rings. The van der Waals surface area contributed by atoms with E-state index in [0.29, 0.717) is 18.8 Å². The molecular weight excluding hydrogens is 272 g/mol. The third-order valence-electron chi connectivity index (χ3n) is 2.96. The fraction of sp³-hybridized carbons (Fsp3) is 0.333. The van der Waals surface area contributed by atoms with Crippen molar-refractivity contribution in [2.75, 3.05) is 20.2 Å². The molecule has 0 aliphatic rings. The molecule has 0 aliphatic carbocycles. The van der Waals surface area contributed by atoms with E-state index in [1.165, 1.54) is 11.3 Å². The van der Waals surface area contributed by atoms with Gasteiger partial charge in [0.25, 0.3) is 5.91 Å². The molecule has 106 valence electrons. The molecule has 5 heteroatoms. The maximum absolute atomic E-state index is 12.1. The van der Waals surface area contributed by atoms with E-state index in [2.05, 4.69) is 4.98 Å². The van der Waals surface area contributed by atoms with Gasteiger partial charge in [-0.25, -0.2) is 4.98 Å². The van der Waals surface area contributed by atoms with Gasteiger partial charge in [-0.1, -0.05) is 18.2 Å². The van der Waals surface area contributed by atoms with Gasteiger partial charge in [-0.05, 0) is 25.5 Å². The van der Waals surface area contributed by atoms with Crippen molar-refractivity contribution in [1.82, 2.24) is 9.88 Å². The number of para-hydroxylation sites is 1. The summed E-state index contributed by atoms with van der Waals surface area (Å²) >= 11 is 1.48. The number of nitrogens with zero attached hydrogens (tertiary/aromatic N) is 2. The molecule has 20 heavy (non-hydrogen) atoms. The number of carbonyl (C=O) groups is 1. The minimum atomic E-state index is -0.0669. The second-order valence-corrected chi connectivity index (χ2v) is 5.65. The molecule has 1 heterocycles. The molecule has 1 amide bonds. The minimum Gasteiger partial charge on any atom is -0.491 e. The van der Waals surface area contributed by atoms with E-state index < -0.39 is 0 Å². The first-order chi connectivity index (χ1) is 9.58. The van der Waals surface area contributed by atoms with Crippen molar-refractivity contribution < 1.29 is 9.53 Å². The van der Waals surface area contributed by atoms with Gasteiger partial charge in [0.2, 0.25) is 0 Å². The van der Waals surface area contributed by atoms with Crippen molar-refractivity contribution in [3.05, 3.63) is 45.9 Å². The van der Waals surface area contributed by atoms with E-state index in [9.17, 15) is 4.79 Å². The summed E-state index contributed by atoms with van der Waals surface area (Å²) in [4.78, 5) is 17.9. The van der Waals surface area contributed by atoms with Crippen LogP contribution in [0, 0.1) is 13.8 Å². The van der Waals surface area contributed by atoms with Crippen molar-refractivity contribution >= 4 is 17.2 Å². The van der Waals surface area contributed by atoms with Crippen molar-refractivity contribution in [1.29, 1.82) is 0 Å². The predicted molar refractivity (Wildman–Crippen MR) is 80.5 cm³/mol. The summed E-state index contributed by atoms with van der Waals surface area (Å²) in [5.74, 6) is 0.792. The molecule has 0 bridgehead atoms. The van der Waals surface area contributed by atoms with E-state index in [-0.39, 0.29) is 5.91 Å². The fourth-order valence-electron chi connectivity index (χ4n) is 1.77. The number of hydrogen-bond acceptors (Lipinski definition) is 4. The number of rotatable bonds is 5. The summed E-state index contributed by atoms with van der Waals surface area (Å²) in [6.07, 6.45) is 0. The van der Waals surface area contributed by atoms with Crippen LogP contribution in [0.25, 0.3) is 0 Å². The molecule has 2 rings (SSSR count). The lowest BCUT2D eigenvalue weighted by Crippen LogP contribution is -2.31. The van der Waals surface area contributed by atoms with Crippen LogP contribution in [0.3, 0.4) is 0 Å². The number of benzene rings is 1. The number of amides is 1. The Morgan fingerprint density at radius 3 is 2.75 bits per heavy atom. The lowest BCUT2D eigenvalue weighted by molar-refractivity contribution is 0.0768. The number of thiazole rings is 1. The molecule has 0 radical (unpaired) electrons. The monoisotopic (exact) mass is 290 g/mol. The maximum atomic E-state index is 12.1. The summed E-state index contributed by atoms with van der Waals surface area (Å²) in [5.41, 5.74) is 1.60. The van der Waals surface area contributed by atoms with E-state index >= 15 is 0 Å². The van der Waals surface area contributed by atoms with Gasteiger partial charge in [-0.2, -0.15) is 0 Å². The standard InChI is InChI=1S/C15H18N2O2S/c1-11-6-4-5-7-14(11)19-9-8-17(3)15(18)13-10-20-12(2)16-13/h4-7,10H,8-9H2,1-3H3. The number of aromatic nitrogens is 1. The van der Waals surface area contributed by atoms with Gasteiger partial charge in [0.1, 0.15) is 18.1 Å². The number of aryl methyl sites for hydroxylation is 2. The predicted octanol–water partition coefficient (Wildman–Crippen LogP) is 2.91. The summed E-state index contributed by atoms with van der Waals surface area (Å²) in [5, 5.41) is 2.69. The summed E-state index contributed by atoms with van der Waals surface area (Å²) < 4.78 is 5.69. The number of likely N-dealkylation sites (N-methyl/N-ethyl adjacent to an activating group) is 1. The van der Waals surface area contributed by atoms with Gasteiger partial charge < -0.3 is 9.64 Å². The van der Waals surface area contributed by atoms with E-state index in [1.54, 1.807) is 17.3 Å². The van der Waals surface area contributed by atoms with Crippen LogP contribution in [0.15, 0.2) is 29.6 Å². The van der Waals surface area contributed by atoms with Crippen LogP contribution >= 0.6 is 11.3 Å². The SMILES string of the molecule is Cc1nc(C(=O)N(C)CCOc2ccccc2C)cs1. The summed E-state index contributed by atoms with van der Waals surface area (Å²) in [6, 6.07) is 7.85. The molecule has 0 saturated heterocycles. The van der Waals surface area contributed by atoms with Gasteiger partial charge >= 0.3 is 0 Å². The molecule has 0 spiro atoms. The zero-order valence-electron chi connectivity index (χ0n) is 11.9. The molecular formula is C15H18N2O2S. The smallest absolute Gasteiger partial charge is 0.273 e. The quantitative estimate of drug-likeness (QED) is 0.850. The Balaban J connectivity index is 1.85. The second-order valence-electron chi connectivity index (χ2n) is 4.59. The Morgan fingerprint density at radius 1 is 1.35 bits per heavy atom. The first-order valence-electron chi connectivity index (χ1n) is 6.44.